The number of hydrogen-bond acceptors (Lipinski definition) is 5. The van der Waals surface area contributed by atoms with Crippen LogP contribution in [0.1, 0.15) is 5.89 Å². The molecule has 2 aromatic heterocycles. The highest BCUT2D eigenvalue weighted by atomic mass is 32.2. The van der Waals surface area contributed by atoms with Crippen LogP contribution in [0.4, 0.5) is 0 Å². The van der Waals surface area contributed by atoms with Crippen molar-refractivity contribution in [1.82, 2.24) is 4.98 Å². The van der Waals surface area contributed by atoms with Crippen LogP contribution >= 0.6 is 11.3 Å². The summed E-state index contributed by atoms with van der Waals surface area (Å²) in [7, 11) is -3.23. The van der Waals surface area contributed by atoms with Gasteiger partial charge in [0.05, 0.1) is 4.90 Å². The van der Waals surface area contributed by atoms with Crippen LogP contribution in [-0.2, 0) is 9.84 Å². The van der Waals surface area contributed by atoms with E-state index in [1.165, 1.54) is 11.1 Å². The Labute approximate surface area is 162 Å². The standard InChI is InChI=1S/C21H17NO3S2/c1-14-22-20(16-7-5-15(6-8-16)19-4-3-13-26-19)21(25-14)17-9-11-18(12-10-17)27(2,23)24/h3-13H,1-2H3. The van der Waals surface area contributed by atoms with E-state index < -0.39 is 9.84 Å². The van der Waals surface area contributed by atoms with Gasteiger partial charge in [-0.05, 0) is 41.3 Å². The van der Waals surface area contributed by atoms with E-state index in [9.17, 15) is 8.42 Å². The van der Waals surface area contributed by atoms with Gasteiger partial charge in [-0.2, -0.15) is 0 Å². The van der Waals surface area contributed by atoms with Gasteiger partial charge in [0.1, 0.15) is 5.69 Å². The van der Waals surface area contributed by atoms with Gasteiger partial charge in [0.2, 0.25) is 0 Å². The molecule has 2 heterocycles. The van der Waals surface area contributed by atoms with E-state index in [2.05, 4.69) is 28.6 Å². The van der Waals surface area contributed by atoms with Crippen molar-refractivity contribution < 1.29 is 12.8 Å². The number of aromatic nitrogens is 1. The number of nitrogens with zero attached hydrogens (tertiary/aromatic N) is 1. The van der Waals surface area contributed by atoms with Gasteiger partial charge in [-0.3, -0.25) is 0 Å². The molecule has 4 rings (SSSR count). The average molecular weight is 396 g/mol. The zero-order valence-corrected chi connectivity index (χ0v) is 16.5. The number of benzene rings is 2. The Kier molecular flexibility index (Phi) is 4.45. The summed E-state index contributed by atoms with van der Waals surface area (Å²) in [6, 6.07) is 19.0. The van der Waals surface area contributed by atoms with Gasteiger partial charge in [-0.1, -0.05) is 30.3 Å². The first-order chi connectivity index (χ1) is 12.9. The second kappa shape index (κ2) is 6.79. The molecule has 0 amide bonds. The van der Waals surface area contributed by atoms with Gasteiger partial charge in [0.25, 0.3) is 0 Å². The maximum Gasteiger partial charge on any atom is 0.192 e. The third kappa shape index (κ3) is 3.59. The largest absolute Gasteiger partial charge is 0.440 e. The highest BCUT2D eigenvalue weighted by Crippen LogP contribution is 2.34. The second-order valence-corrected chi connectivity index (χ2v) is 9.23. The highest BCUT2D eigenvalue weighted by molar-refractivity contribution is 7.90. The molecule has 2 aromatic carbocycles. The summed E-state index contributed by atoms with van der Waals surface area (Å²) in [5.41, 5.74) is 3.65. The summed E-state index contributed by atoms with van der Waals surface area (Å²) in [4.78, 5) is 6.04. The Morgan fingerprint density at radius 1 is 0.889 bits per heavy atom. The quantitative estimate of drug-likeness (QED) is 0.461. The molecule has 0 N–H and O–H groups in total. The van der Waals surface area contributed by atoms with Crippen molar-refractivity contribution in [2.75, 3.05) is 6.26 Å². The molecule has 0 spiro atoms. The fraction of sp³-hybridized carbons (Fsp3) is 0.0952. The molecule has 0 aliphatic heterocycles. The minimum absolute atomic E-state index is 0.282. The topological polar surface area (TPSA) is 60.2 Å². The van der Waals surface area contributed by atoms with Crippen molar-refractivity contribution in [2.45, 2.75) is 11.8 Å². The first kappa shape index (κ1) is 17.7. The lowest BCUT2D eigenvalue weighted by atomic mass is 10.0. The summed E-state index contributed by atoms with van der Waals surface area (Å²) < 4.78 is 29.2. The molecule has 0 unspecified atom stereocenters. The molecule has 136 valence electrons. The Hall–Kier alpha value is -2.70. The van der Waals surface area contributed by atoms with Crippen LogP contribution in [-0.4, -0.2) is 19.7 Å². The van der Waals surface area contributed by atoms with Crippen molar-refractivity contribution in [1.29, 1.82) is 0 Å². The van der Waals surface area contributed by atoms with E-state index in [0.717, 1.165) is 22.4 Å². The maximum absolute atomic E-state index is 11.7. The lowest BCUT2D eigenvalue weighted by molar-refractivity contribution is 0.534. The fourth-order valence-electron chi connectivity index (χ4n) is 2.91. The van der Waals surface area contributed by atoms with Crippen LogP contribution in [0.15, 0.2) is 75.4 Å². The Bertz CT molecular complexity index is 1170. The lowest BCUT2D eigenvalue weighted by Gasteiger charge is -2.04. The zero-order chi connectivity index (χ0) is 19.0. The van der Waals surface area contributed by atoms with E-state index in [1.54, 1.807) is 42.5 Å². The maximum atomic E-state index is 11.7. The molecule has 0 aliphatic carbocycles. The van der Waals surface area contributed by atoms with Gasteiger partial charge in [0.15, 0.2) is 21.5 Å². The van der Waals surface area contributed by atoms with Crippen molar-refractivity contribution in [3.63, 3.8) is 0 Å². The molecule has 0 fully saturated rings. The predicted molar refractivity (Wildman–Crippen MR) is 109 cm³/mol. The minimum Gasteiger partial charge on any atom is -0.440 e. The van der Waals surface area contributed by atoms with Gasteiger partial charge in [0, 0.05) is 29.2 Å². The molecule has 6 heteroatoms. The first-order valence-electron chi connectivity index (χ1n) is 8.34. The smallest absolute Gasteiger partial charge is 0.192 e. The normalized spacial score (nSPS) is 11.6. The monoisotopic (exact) mass is 395 g/mol. The number of aryl methyl sites for hydroxylation is 1. The van der Waals surface area contributed by atoms with E-state index in [1.807, 2.05) is 18.2 Å². The number of sulfone groups is 1. The Balaban J connectivity index is 1.73. The Morgan fingerprint density at radius 2 is 1.52 bits per heavy atom. The van der Waals surface area contributed by atoms with Crippen molar-refractivity contribution >= 4 is 21.2 Å². The summed E-state index contributed by atoms with van der Waals surface area (Å²) in [5, 5.41) is 2.06. The van der Waals surface area contributed by atoms with Crippen molar-refractivity contribution in [3.05, 3.63) is 71.9 Å². The summed E-state index contributed by atoms with van der Waals surface area (Å²) in [5.74, 6) is 1.20. The zero-order valence-electron chi connectivity index (χ0n) is 14.8. The van der Waals surface area contributed by atoms with Gasteiger partial charge in [-0.25, -0.2) is 13.4 Å². The van der Waals surface area contributed by atoms with E-state index >= 15 is 0 Å². The second-order valence-electron chi connectivity index (χ2n) is 6.26. The molecule has 0 saturated heterocycles. The van der Waals surface area contributed by atoms with Crippen LogP contribution in [0.25, 0.3) is 33.0 Å². The van der Waals surface area contributed by atoms with Crippen LogP contribution in [0.5, 0.6) is 0 Å². The van der Waals surface area contributed by atoms with Gasteiger partial charge >= 0.3 is 0 Å². The van der Waals surface area contributed by atoms with Gasteiger partial charge in [-0.15, -0.1) is 11.3 Å². The van der Waals surface area contributed by atoms with Crippen molar-refractivity contribution in [2.24, 2.45) is 0 Å². The number of oxazole rings is 1. The molecule has 0 bridgehead atoms. The summed E-state index contributed by atoms with van der Waals surface area (Å²) in [6.07, 6.45) is 1.20. The number of rotatable bonds is 4. The van der Waals surface area contributed by atoms with E-state index in [4.69, 9.17) is 4.42 Å². The first-order valence-corrected chi connectivity index (χ1v) is 11.1. The molecular weight excluding hydrogens is 378 g/mol. The molecular formula is C21H17NO3S2. The number of thiophene rings is 1. The molecule has 4 aromatic rings. The summed E-state index contributed by atoms with van der Waals surface area (Å²) >= 11 is 1.70. The predicted octanol–water partition coefficient (Wildman–Crippen LogP) is 5.45. The SMILES string of the molecule is Cc1nc(-c2ccc(-c3cccs3)cc2)c(-c2ccc(S(C)(=O)=O)cc2)o1. The minimum atomic E-state index is -3.23. The average Bonchev–Trinajstić information content (AvgIpc) is 3.31. The number of hydrogen-bond donors (Lipinski definition) is 0. The van der Waals surface area contributed by atoms with E-state index in [-0.39, 0.29) is 4.90 Å². The third-order valence-corrected chi connectivity index (χ3v) is 6.29. The molecule has 0 radical (unpaired) electrons. The molecule has 27 heavy (non-hydrogen) atoms. The third-order valence-electron chi connectivity index (χ3n) is 4.24. The molecule has 0 atom stereocenters. The molecule has 0 saturated carbocycles. The summed E-state index contributed by atoms with van der Waals surface area (Å²) in [6.45, 7) is 1.80. The fourth-order valence-corrected chi connectivity index (χ4v) is 4.27. The van der Waals surface area contributed by atoms with Gasteiger partial charge < -0.3 is 4.42 Å². The Morgan fingerprint density at radius 3 is 2.11 bits per heavy atom. The van der Waals surface area contributed by atoms with Crippen LogP contribution in [0, 0.1) is 6.92 Å². The highest BCUT2D eigenvalue weighted by Gasteiger charge is 2.16. The van der Waals surface area contributed by atoms with Crippen LogP contribution < -0.4 is 0 Å². The molecule has 0 aliphatic rings. The van der Waals surface area contributed by atoms with Crippen LogP contribution in [0.3, 0.4) is 0 Å². The molecule has 4 nitrogen and oxygen atoms in total. The van der Waals surface area contributed by atoms with Crippen molar-refractivity contribution in [3.8, 4) is 33.0 Å². The lowest BCUT2D eigenvalue weighted by Crippen LogP contribution is -1.96. The van der Waals surface area contributed by atoms with E-state index in [0.29, 0.717) is 11.7 Å². The van der Waals surface area contributed by atoms with Crippen LogP contribution in [0.2, 0.25) is 0 Å².